The zero-order valence-electron chi connectivity index (χ0n) is 9.33. The Hall–Kier alpha value is -0.860. The molecule has 0 aliphatic rings. The molecular weight excluding hydrogens is 172 g/mol. The van der Waals surface area contributed by atoms with E-state index in [4.69, 9.17) is 5.73 Å². The van der Waals surface area contributed by atoms with E-state index in [2.05, 4.69) is 50.1 Å². The topological polar surface area (TPSA) is 29.3 Å². The second-order valence-corrected chi connectivity index (χ2v) is 3.99. The summed E-state index contributed by atoms with van der Waals surface area (Å²) >= 11 is 0. The van der Waals surface area contributed by atoms with E-state index < -0.39 is 0 Å². The van der Waals surface area contributed by atoms with Crippen LogP contribution >= 0.6 is 0 Å². The first-order valence-electron chi connectivity index (χ1n) is 5.09. The second-order valence-electron chi connectivity index (χ2n) is 3.99. The lowest BCUT2D eigenvalue weighted by Crippen LogP contribution is -2.34. The molecule has 0 aliphatic heterocycles. The predicted molar refractivity (Wildman–Crippen MR) is 61.2 cm³/mol. The van der Waals surface area contributed by atoms with Crippen molar-refractivity contribution >= 4 is 0 Å². The molecule has 0 heterocycles. The lowest BCUT2D eigenvalue weighted by molar-refractivity contribution is 0.255. The molecular formula is C12H20N2. The fourth-order valence-corrected chi connectivity index (χ4v) is 1.32. The fourth-order valence-electron chi connectivity index (χ4n) is 1.32. The summed E-state index contributed by atoms with van der Waals surface area (Å²) in [6.45, 7) is 5.94. The molecule has 0 saturated heterocycles. The number of rotatable bonds is 4. The smallest absolute Gasteiger partial charge is 0.0234 e. The van der Waals surface area contributed by atoms with Gasteiger partial charge in [-0.15, -0.1) is 0 Å². The van der Waals surface area contributed by atoms with Crippen LogP contribution in [-0.4, -0.2) is 24.5 Å². The van der Waals surface area contributed by atoms with Crippen LogP contribution in [0.15, 0.2) is 24.3 Å². The zero-order chi connectivity index (χ0) is 10.6. The third-order valence-electron chi connectivity index (χ3n) is 2.65. The zero-order valence-corrected chi connectivity index (χ0v) is 9.33. The summed E-state index contributed by atoms with van der Waals surface area (Å²) in [5.74, 6) is 0. The molecule has 2 nitrogen and oxygen atoms in total. The quantitative estimate of drug-likeness (QED) is 0.788. The highest BCUT2D eigenvalue weighted by Gasteiger charge is 2.06. The maximum absolute atomic E-state index is 5.61. The second kappa shape index (κ2) is 5.13. The summed E-state index contributed by atoms with van der Waals surface area (Å²) in [5, 5.41) is 0. The van der Waals surface area contributed by atoms with Crippen LogP contribution < -0.4 is 5.73 Å². The van der Waals surface area contributed by atoms with Crippen molar-refractivity contribution in [2.24, 2.45) is 5.73 Å². The van der Waals surface area contributed by atoms with Gasteiger partial charge in [0.25, 0.3) is 0 Å². The third kappa shape index (κ3) is 3.13. The molecule has 1 unspecified atom stereocenters. The number of likely N-dealkylation sites (N-methyl/N-ethyl adjacent to an activating group) is 1. The Bertz CT molecular complexity index is 266. The van der Waals surface area contributed by atoms with E-state index in [9.17, 15) is 0 Å². The number of hydrogen-bond donors (Lipinski definition) is 1. The predicted octanol–water partition coefficient (Wildman–Crippen LogP) is 1.77. The van der Waals surface area contributed by atoms with Crippen LogP contribution in [0.25, 0.3) is 0 Å². The van der Waals surface area contributed by atoms with E-state index >= 15 is 0 Å². The largest absolute Gasteiger partial charge is 0.329 e. The van der Waals surface area contributed by atoms with Crippen molar-refractivity contribution in [3.63, 3.8) is 0 Å². The molecule has 14 heavy (non-hydrogen) atoms. The van der Waals surface area contributed by atoms with Crippen LogP contribution in [0.3, 0.4) is 0 Å². The highest BCUT2D eigenvalue weighted by Crippen LogP contribution is 2.07. The van der Waals surface area contributed by atoms with E-state index in [0.29, 0.717) is 12.6 Å². The van der Waals surface area contributed by atoms with Gasteiger partial charge in [-0.2, -0.15) is 0 Å². The van der Waals surface area contributed by atoms with Gasteiger partial charge in [-0.05, 0) is 26.5 Å². The molecule has 2 N–H and O–H groups in total. The van der Waals surface area contributed by atoms with Gasteiger partial charge >= 0.3 is 0 Å². The SMILES string of the molecule is Cc1ccc(CN(C)C(C)CN)cc1. The molecule has 0 bridgehead atoms. The van der Waals surface area contributed by atoms with Crippen LogP contribution in [-0.2, 0) is 6.54 Å². The maximum Gasteiger partial charge on any atom is 0.0234 e. The van der Waals surface area contributed by atoms with Crippen LogP contribution in [0.5, 0.6) is 0 Å². The van der Waals surface area contributed by atoms with Crippen LogP contribution in [0.1, 0.15) is 18.1 Å². The monoisotopic (exact) mass is 192 g/mol. The van der Waals surface area contributed by atoms with Gasteiger partial charge in [0.05, 0.1) is 0 Å². The van der Waals surface area contributed by atoms with E-state index in [0.717, 1.165) is 6.54 Å². The molecule has 0 aliphatic carbocycles. The lowest BCUT2D eigenvalue weighted by atomic mass is 10.1. The highest BCUT2D eigenvalue weighted by atomic mass is 15.1. The van der Waals surface area contributed by atoms with Crippen molar-refractivity contribution < 1.29 is 0 Å². The molecule has 1 aromatic rings. The molecule has 2 heteroatoms. The number of hydrogen-bond acceptors (Lipinski definition) is 2. The Morgan fingerprint density at radius 1 is 1.29 bits per heavy atom. The number of nitrogens with zero attached hydrogens (tertiary/aromatic N) is 1. The molecule has 1 aromatic carbocycles. The van der Waals surface area contributed by atoms with Gasteiger partial charge in [0.1, 0.15) is 0 Å². The molecule has 0 fully saturated rings. The lowest BCUT2D eigenvalue weighted by Gasteiger charge is -2.23. The fraction of sp³-hybridized carbons (Fsp3) is 0.500. The van der Waals surface area contributed by atoms with Crippen molar-refractivity contribution in [1.29, 1.82) is 0 Å². The standard InChI is InChI=1S/C12H20N2/c1-10-4-6-12(7-5-10)9-14(3)11(2)8-13/h4-7,11H,8-9,13H2,1-3H3. The minimum absolute atomic E-state index is 0.441. The summed E-state index contributed by atoms with van der Waals surface area (Å²) in [5.41, 5.74) is 8.26. The highest BCUT2D eigenvalue weighted by molar-refractivity contribution is 5.21. The number of nitrogens with two attached hydrogens (primary N) is 1. The van der Waals surface area contributed by atoms with Gasteiger partial charge in [-0.25, -0.2) is 0 Å². The Balaban J connectivity index is 2.56. The van der Waals surface area contributed by atoms with Crippen molar-refractivity contribution in [1.82, 2.24) is 4.90 Å². The molecule has 78 valence electrons. The van der Waals surface area contributed by atoms with E-state index in [1.54, 1.807) is 0 Å². The third-order valence-corrected chi connectivity index (χ3v) is 2.65. The van der Waals surface area contributed by atoms with Gasteiger partial charge in [0.15, 0.2) is 0 Å². The van der Waals surface area contributed by atoms with Gasteiger partial charge < -0.3 is 5.73 Å². The van der Waals surface area contributed by atoms with Gasteiger partial charge in [-0.3, -0.25) is 4.90 Å². The molecule has 0 amide bonds. The van der Waals surface area contributed by atoms with Crippen molar-refractivity contribution in [2.75, 3.05) is 13.6 Å². The average Bonchev–Trinajstić information content (AvgIpc) is 2.20. The normalized spacial score (nSPS) is 13.2. The molecule has 1 rings (SSSR count). The first-order chi connectivity index (χ1) is 6.63. The van der Waals surface area contributed by atoms with Crippen LogP contribution in [0.4, 0.5) is 0 Å². The van der Waals surface area contributed by atoms with Crippen molar-refractivity contribution in [3.05, 3.63) is 35.4 Å². The summed E-state index contributed by atoms with van der Waals surface area (Å²) in [4.78, 5) is 2.27. The van der Waals surface area contributed by atoms with Gasteiger partial charge in [0, 0.05) is 19.1 Å². The molecule has 0 spiro atoms. The Morgan fingerprint density at radius 3 is 2.36 bits per heavy atom. The summed E-state index contributed by atoms with van der Waals surface area (Å²) in [6.07, 6.45) is 0. The van der Waals surface area contributed by atoms with Gasteiger partial charge in [0.2, 0.25) is 0 Å². The van der Waals surface area contributed by atoms with E-state index in [1.807, 2.05) is 0 Å². The maximum atomic E-state index is 5.61. The van der Waals surface area contributed by atoms with E-state index in [1.165, 1.54) is 11.1 Å². The average molecular weight is 192 g/mol. The first-order valence-corrected chi connectivity index (χ1v) is 5.09. The van der Waals surface area contributed by atoms with Gasteiger partial charge in [-0.1, -0.05) is 29.8 Å². The summed E-state index contributed by atoms with van der Waals surface area (Å²) < 4.78 is 0. The van der Waals surface area contributed by atoms with Crippen molar-refractivity contribution in [2.45, 2.75) is 26.4 Å². The molecule has 0 saturated carbocycles. The minimum atomic E-state index is 0.441. The number of benzene rings is 1. The van der Waals surface area contributed by atoms with Crippen LogP contribution in [0, 0.1) is 6.92 Å². The molecule has 1 atom stereocenters. The number of aryl methyl sites for hydroxylation is 1. The molecule has 0 aromatic heterocycles. The Morgan fingerprint density at radius 2 is 1.86 bits per heavy atom. The summed E-state index contributed by atoms with van der Waals surface area (Å²) in [7, 11) is 2.11. The summed E-state index contributed by atoms with van der Waals surface area (Å²) in [6, 6.07) is 9.09. The molecule has 0 radical (unpaired) electrons. The minimum Gasteiger partial charge on any atom is -0.329 e. The van der Waals surface area contributed by atoms with E-state index in [-0.39, 0.29) is 0 Å². The van der Waals surface area contributed by atoms with Crippen LogP contribution in [0.2, 0.25) is 0 Å². The van der Waals surface area contributed by atoms with Crippen molar-refractivity contribution in [3.8, 4) is 0 Å². The Labute approximate surface area is 86.7 Å². The first kappa shape index (κ1) is 11.2. The Kier molecular flexibility index (Phi) is 4.11.